The molecule has 34 heavy (non-hydrogen) atoms. The summed E-state index contributed by atoms with van der Waals surface area (Å²) in [5, 5.41) is 13.2. The molecule has 3 N–H and O–H groups in total. The zero-order chi connectivity index (χ0) is 25.4. The van der Waals surface area contributed by atoms with Gasteiger partial charge in [0.2, 0.25) is 0 Å². The van der Waals surface area contributed by atoms with Crippen LogP contribution in [0, 0.1) is 0 Å². The third-order valence-corrected chi connectivity index (χ3v) is 5.17. The molecule has 3 rings (SSSR count). The van der Waals surface area contributed by atoms with Crippen molar-refractivity contribution in [3.8, 4) is 17.0 Å². The number of hydrogen-bond donors (Lipinski definition) is 2. The fourth-order valence-corrected chi connectivity index (χ4v) is 3.56. The molecule has 3 aromatic rings. The second-order valence-electron chi connectivity index (χ2n) is 7.18. The van der Waals surface area contributed by atoms with Gasteiger partial charge in [0.25, 0.3) is 5.91 Å². The van der Waals surface area contributed by atoms with E-state index in [0.29, 0.717) is 6.07 Å². The number of nitrogens with two attached hydrogens (primary N) is 1. The molecule has 0 aliphatic carbocycles. The monoisotopic (exact) mass is 506 g/mol. The molecule has 0 aliphatic heterocycles. The first-order valence-corrected chi connectivity index (χ1v) is 9.95. The van der Waals surface area contributed by atoms with Gasteiger partial charge in [-0.05, 0) is 36.4 Å². The third kappa shape index (κ3) is 5.12. The van der Waals surface area contributed by atoms with Gasteiger partial charge in [-0.1, -0.05) is 11.6 Å². The van der Waals surface area contributed by atoms with E-state index in [9.17, 15) is 36.2 Å². The average molecular weight is 507 g/mol. The number of halogens is 7. The molecule has 2 aromatic carbocycles. The molecule has 0 bridgehead atoms. The minimum atomic E-state index is -4.70. The maximum Gasteiger partial charge on any atom is 0.435 e. The summed E-state index contributed by atoms with van der Waals surface area (Å²) in [4.78, 5) is 14.1. The number of phenolic OH excluding ortho intramolecular Hbond substituents is 1. The minimum absolute atomic E-state index is 0.0203. The molecule has 0 unspecified atom stereocenters. The average Bonchev–Trinajstić information content (AvgIpc) is 3.12. The number of aromatic hydroxyl groups is 1. The fourth-order valence-electron chi connectivity index (χ4n) is 3.27. The highest BCUT2D eigenvalue weighted by molar-refractivity contribution is 6.32. The Morgan fingerprint density at radius 3 is 2.26 bits per heavy atom. The highest BCUT2D eigenvalue weighted by atomic mass is 35.5. The van der Waals surface area contributed by atoms with Crippen LogP contribution in [-0.2, 0) is 19.4 Å². The maximum absolute atomic E-state index is 13.0. The van der Waals surface area contributed by atoms with E-state index in [4.69, 9.17) is 17.3 Å². The second kappa shape index (κ2) is 9.18. The topological polar surface area (TPSA) is 84.4 Å². The summed E-state index contributed by atoms with van der Waals surface area (Å²) in [6, 6.07) is 7.06. The lowest BCUT2D eigenvalue weighted by Crippen LogP contribution is -2.35. The number of aryl methyl sites for hydroxylation is 1. The van der Waals surface area contributed by atoms with Crippen LogP contribution in [0.5, 0.6) is 5.75 Å². The Bertz CT molecular complexity index is 1220. The number of aromatic nitrogens is 2. The van der Waals surface area contributed by atoms with Crippen molar-refractivity contribution in [1.82, 2.24) is 9.78 Å². The quantitative estimate of drug-likeness (QED) is 0.472. The zero-order valence-electron chi connectivity index (χ0n) is 17.4. The molecule has 0 spiro atoms. The summed E-state index contributed by atoms with van der Waals surface area (Å²) in [6.45, 7) is -0.0977. The molecular formula is C21H17ClF6N4O2. The summed E-state index contributed by atoms with van der Waals surface area (Å²) >= 11 is 5.70. The van der Waals surface area contributed by atoms with Crippen molar-refractivity contribution in [3.63, 3.8) is 0 Å². The van der Waals surface area contributed by atoms with E-state index in [2.05, 4.69) is 5.10 Å². The molecule has 0 aliphatic rings. The third-order valence-electron chi connectivity index (χ3n) is 4.86. The summed E-state index contributed by atoms with van der Waals surface area (Å²) in [7, 11) is 1.27. The van der Waals surface area contributed by atoms with Crippen LogP contribution in [0.4, 0.5) is 32.0 Å². The summed E-state index contributed by atoms with van der Waals surface area (Å²) in [5.41, 5.74) is 3.27. The zero-order valence-corrected chi connectivity index (χ0v) is 18.1. The van der Waals surface area contributed by atoms with E-state index in [1.807, 2.05) is 0 Å². The summed E-state index contributed by atoms with van der Waals surface area (Å²) < 4.78 is 78.7. The summed E-state index contributed by atoms with van der Waals surface area (Å²) in [5.74, 6) is -1.19. The Morgan fingerprint density at radius 1 is 1.09 bits per heavy atom. The molecule has 13 heteroatoms. The van der Waals surface area contributed by atoms with Gasteiger partial charge in [-0.2, -0.15) is 31.4 Å². The number of alkyl halides is 6. The molecule has 6 nitrogen and oxygen atoms in total. The van der Waals surface area contributed by atoms with Crippen LogP contribution in [0.15, 0.2) is 42.5 Å². The Hall–Kier alpha value is -3.25. The number of hydrogen-bond acceptors (Lipinski definition) is 4. The second-order valence-corrected chi connectivity index (χ2v) is 7.58. The largest absolute Gasteiger partial charge is 0.507 e. The lowest BCUT2D eigenvalue weighted by molar-refractivity contribution is -0.141. The Balaban J connectivity index is 1.97. The van der Waals surface area contributed by atoms with Crippen molar-refractivity contribution < 1.29 is 36.2 Å². The normalized spacial score (nSPS) is 12.1. The lowest BCUT2D eigenvalue weighted by atomic mass is 10.1. The van der Waals surface area contributed by atoms with E-state index in [-0.39, 0.29) is 35.6 Å². The van der Waals surface area contributed by atoms with E-state index in [1.54, 1.807) is 0 Å². The van der Waals surface area contributed by atoms with Gasteiger partial charge in [0.15, 0.2) is 5.69 Å². The smallest absolute Gasteiger partial charge is 0.435 e. The highest BCUT2D eigenvalue weighted by Gasteiger charge is 2.35. The van der Waals surface area contributed by atoms with Crippen LogP contribution < -0.4 is 10.6 Å². The summed E-state index contributed by atoms with van der Waals surface area (Å²) in [6.07, 6.45) is -9.38. The Labute approximate surface area is 194 Å². The van der Waals surface area contributed by atoms with Crippen molar-refractivity contribution in [2.24, 2.45) is 12.8 Å². The minimum Gasteiger partial charge on any atom is -0.507 e. The van der Waals surface area contributed by atoms with Gasteiger partial charge >= 0.3 is 12.4 Å². The molecule has 1 amide bonds. The van der Waals surface area contributed by atoms with Gasteiger partial charge in [-0.3, -0.25) is 9.48 Å². The van der Waals surface area contributed by atoms with Gasteiger partial charge in [-0.15, -0.1) is 0 Å². The predicted molar refractivity (Wildman–Crippen MR) is 112 cm³/mol. The van der Waals surface area contributed by atoms with Crippen molar-refractivity contribution in [1.29, 1.82) is 0 Å². The number of carbonyl (C=O) groups is 1. The number of amides is 1. The molecule has 0 radical (unpaired) electrons. The molecule has 1 aromatic heterocycles. The van der Waals surface area contributed by atoms with Crippen LogP contribution in [0.2, 0.25) is 5.02 Å². The van der Waals surface area contributed by atoms with E-state index < -0.39 is 40.3 Å². The van der Waals surface area contributed by atoms with Crippen molar-refractivity contribution in [2.45, 2.75) is 12.4 Å². The Kier molecular flexibility index (Phi) is 6.85. The number of rotatable bonds is 5. The van der Waals surface area contributed by atoms with Crippen LogP contribution >= 0.6 is 11.6 Å². The van der Waals surface area contributed by atoms with E-state index in [1.165, 1.54) is 19.2 Å². The van der Waals surface area contributed by atoms with E-state index >= 15 is 0 Å². The first-order valence-electron chi connectivity index (χ1n) is 9.57. The van der Waals surface area contributed by atoms with Crippen molar-refractivity contribution in [3.05, 3.63) is 64.3 Å². The molecular weight excluding hydrogens is 490 g/mol. The van der Waals surface area contributed by atoms with Gasteiger partial charge in [0.1, 0.15) is 5.75 Å². The van der Waals surface area contributed by atoms with Gasteiger partial charge in [-0.25, -0.2) is 0 Å². The number of nitrogens with zero attached hydrogens (tertiary/aromatic N) is 3. The number of phenols is 1. The maximum atomic E-state index is 13.0. The van der Waals surface area contributed by atoms with Crippen molar-refractivity contribution in [2.75, 3.05) is 18.0 Å². The van der Waals surface area contributed by atoms with Crippen LogP contribution in [-0.4, -0.2) is 33.9 Å². The van der Waals surface area contributed by atoms with Gasteiger partial charge < -0.3 is 15.7 Å². The number of carbonyl (C=O) groups excluding carboxylic acids is 1. The fraction of sp³-hybridized carbons (Fsp3) is 0.238. The van der Waals surface area contributed by atoms with Gasteiger partial charge in [0.05, 0.1) is 16.3 Å². The molecule has 0 atom stereocenters. The van der Waals surface area contributed by atoms with E-state index in [0.717, 1.165) is 33.8 Å². The van der Waals surface area contributed by atoms with Crippen LogP contribution in [0.25, 0.3) is 11.3 Å². The number of anilines is 1. The SMILES string of the molecule is Cn1nc(C(F)(F)F)cc1-c1ccc(N(CCN)C(=O)c2ccc(C(F)(F)F)c(Cl)c2)cc1O. The highest BCUT2D eigenvalue weighted by Crippen LogP contribution is 2.38. The van der Waals surface area contributed by atoms with Gasteiger partial charge in [0, 0.05) is 43.0 Å². The van der Waals surface area contributed by atoms with Crippen LogP contribution in [0.3, 0.4) is 0 Å². The predicted octanol–water partition coefficient (Wildman–Crippen LogP) is 5.09. The number of benzene rings is 2. The molecule has 0 saturated carbocycles. The Morgan fingerprint density at radius 2 is 1.76 bits per heavy atom. The lowest BCUT2D eigenvalue weighted by Gasteiger charge is -2.23. The molecule has 0 fully saturated rings. The first kappa shape index (κ1) is 25.4. The molecule has 1 heterocycles. The molecule has 182 valence electrons. The molecule has 0 saturated heterocycles. The van der Waals surface area contributed by atoms with Crippen molar-refractivity contribution >= 4 is 23.2 Å². The standard InChI is InChI=1S/C21H17ClF6N4O2/c1-31-16(10-18(30-31)21(26,27)28)13-4-3-12(9-17(13)33)32(7-6-29)19(34)11-2-5-14(15(22)8-11)20(23,24)25/h2-5,8-10,33H,6-7,29H2,1H3. The van der Waals surface area contributed by atoms with Crippen LogP contribution in [0.1, 0.15) is 21.6 Å². The first-order chi connectivity index (χ1) is 15.7.